The van der Waals surface area contributed by atoms with Crippen molar-refractivity contribution in [3.05, 3.63) is 47.6 Å². The Balaban J connectivity index is 2.73. The third-order valence-electron chi connectivity index (χ3n) is 3.27. The van der Waals surface area contributed by atoms with Crippen molar-refractivity contribution < 1.29 is 0 Å². The summed E-state index contributed by atoms with van der Waals surface area (Å²) in [6.07, 6.45) is 17.6. The molecule has 1 rings (SSSR count). The van der Waals surface area contributed by atoms with Crippen molar-refractivity contribution in [2.45, 2.75) is 58.8 Å². The van der Waals surface area contributed by atoms with Gasteiger partial charge in [-0.25, -0.2) is 0 Å². The van der Waals surface area contributed by atoms with Crippen molar-refractivity contribution >= 4 is 0 Å². The second-order valence-corrected chi connectivity index (χ2v) is 4.81. The SMILES string of the molecule is C=CCC1=CC(=C(CCCC)CCCC)C=C1. The van der Waals surface area contributed by atoms with Gasteiger partial charge in [-0.1, -0.05) is 56.6 Å². The van der Waals surface area contributed by atoms with E-state index in [0.717, 1.165) is 6.42 Å². The lowest BCUT2D eigenvalue weighted by atomic mass is 9.97. The molecule has 0 aromatic rings. The molecule has 0 unspecified atom stereocenters. The van der Waals surface area contributed by atoms with Crippen LogP contribution >= 0.6 is 0 Å². The highest BCUT2D eigenvalue weighted by Gasteiger charge is 2.07. The van der Waals surface area contributed by atoms with E-state index in [4.69, 9.17) is 0 Å². The fraction of sp³-hybridized carbons (Fsp3) is 0.529. The Bertz CT molecular complexity index is 316. The van der Waals surface area contributed by atoms with Crippen LogP contribution in [-0.4, -0.2) is 0 Å². The van der Waals surface area contributed by atoms with E-state index in [1.165, 1.54) is 49.7 Å². The summed E-state index contributed by atoms with van der Waals surface area (Å²) in [6.45, 7) is 8.34. The summed E-state index contributed by atoms with van der Waals surface area (Å²) in [6, 6.07) is 0. The van der Waals surface area contributed by atoms with Crippen LogP contribution in [0.1, 0.15) is 58.8 Å². The molecule has 0 aromatic heterocycles. The van der Waals surface area contributed by atoms with Crippen LogP contribution < -0.4 is 0 Å². The van der Waals surface area contributed by atoms with E-state index < -0.39 is 0 Å². The normalized spacial score (nSPS) is 14.0. The van der Waals surface area contributed by atoms with Gasteiger partial charge in [0.25, 0.3) is 0 Å². The molecule has 0 spiro atoms. The van der Waals surface area contributed by atoms with Crippen LogP contribution in [0.2, 0.25) is 0 Å². The van der Waals surface area contributed by atoms with Crippen LogP contribution in [0.25, 0.3) is 0 Å². The summed E-state index contributed by atoms with van der Waals surface area (Å²) >= 11 is 0. The molecule has 0 aliphatic heterocycles. The van der Waals surface area contributed by atoms with Crippen LogP contribution in [0.3, 0.4) is 0 Å². The molecule has 0 nitrogen and oxygen atoms in total. The second-order valence-electron chi connectivity index (χ2n) is 4.81. The molecule has 0 atom stereocenters. The maximum atomic E-state index is 3.80. The molecule has 1 aliphatic carbocycles. The van der Waals surface area contributed by atoms with Crippen LogP contribution in [0.5, 0.6) is 0 Å². The quantitative estimate of drug-likeness (QED) is 0.467. The highest BCUT2D eigenvalue weighted by molar-refractivity contribution is 5.49. The Morgan fingerprint density at radius 2 is 1.76 bits per heavy atom. The van der Waals surface area contributed by atoms with Gasteiger partial charge in [-0.3, -0.25) is 0 Å². The minimum Gasteiger partial charge on any atom is -0.103 e. The third-order valence-corrected chi connectivity index (χ3v) is 3.27. The Hall–Kier alpha value is -1.04. The summed E-state index contributed by atoms with van der Waals surface area (Å²) in [5.74, 6) is 0. The lowest BCUT2D eigenvalue weighted by Gasteiger charge is -2.08. The van der Waals surface area contributed by atoms with Gasteiger partial charge >= 0.3 is 0 Å². The zero-order valence-electron chi connectivity index (χ0n) is 11.5. The van der Waals surface area contributed by atoms with Gasteiger partial charge in [0.1, 0.15) is 0 Å². The zero-order valence-corrected chi connectivity index (χ0v) is 11.5. The molecule has 94 valence electrons. The largest absolute Gasteiger partial charge is 0.103 e. The average molecular weight is 230 g/mol. The van der Waals surface area contributed by atoms with Gasteiger partial charge in [0.15, 0.2) is 0 Å². The Labute approximate surface area is 107 Å². The first-order valence-corrected chi connectivity index (χ1v) is 7.03. The summed E-state index contributed by atoms with van der Waals surface area (Å²) < 4.78 is 0. The van der Waals surface area contributed by atoms with E-state index in [9.17, 15) is 0 Å². The standard InChI is InChI=1S/C17H26/c1-4-7-10-16(11-8-5-2)17-13-12-15(14-17)9-6-3/h6,12-14H,3-5,7-11H2,1-2H3. The third kappa shape index (κ3) is 4.77. The monoisotopic (exact) mass is 230 g/mol. The lowest BCUT2D eigenvalue weighted by molar-refractivity contribution is 0.709. The van der Waals surface area contributed by atoms with Gasteiger partial charge in [0.05, 0.1) is 0 Å². The fourth-order valence-electron chi connectivity index (χ4n) is 2.20. The van der Waals surface area contributed by atoms with Crippen LogP contribution in [0.4, 0.5) is 0 Å². The lowest BCUT2D eigenvalue weighted by Crippen LogP contribution is -1.89. The summed E-state index contributed by atoms with van der Waals surface area (Å²) in [7, 11) is 0. The zero-order chi connectivity index (χ0) is 12.5. The van der Waals surface area contributed by atoms with E-state index >= 15 is 0 Å². The highest BCUT2D eigenvalue weighted by atomic mass is 14.1. The van der Waals surface area contributed by atoms with Crippen LogP contribution in [0, 0.1) is 0 Å². The Kier molecular flexibility index (Phi) is 6.69. The fourth-order valence-corrected chi connectivity index (χ4v) is 2.20. The van der Waals surface area contributed by atoms with E-state index in [1.807, 2.05) is 6.08 Å². The molecular weight excluding hydrogens is 204 g/mol. The van der Waals surface area contributed by atoms with Gasteiger partial charge < -0.3 is 0 Å². The van der Waals surface area contributed by atoms with Gasteiger partial charge in [-0.05, 0) is 43.3 Å². The first-order valence-electron chi connectivity index (χ1n) is 7.03. The first-order chi connectivity index (χ1) is 8.31. The second kappa shape index (κ2) is 8.11. The van der Waals surface area contributed by atoms with E-state index in [0.29, 0.717) is 0 Å². The Morgan fingerprint density at radius 3 is 2.29 bits per heavy atom. The number of rotatable bonds is 8. The number of hydrogen-bond donors (Lipinski definition) is 0. The average Bonchev–Trinajstić information content (AvgIpc) is 2.78. The Morgan fingerprint density at radius 1 is 1.12 bits per heavy atom. The molecule has 1 aliphatic rings. The molecule has 0 saturated heterocycles. The maximum Gasteiger partial charge on any atom is -0.00999 e. The number of allylic oxidation sites excluding steroid dienone is 7. The van der Waals surface area contributed by atoms with Crippen molar-refractivity contribution in [3.8, 4) is 0 Å². The molecule has 0 amide bonds. The van der Waals surface area contributed by atoms with Crippen LogP contribution in [-0.2, 0) is 0 Å². The molecule has 0 saturated carbocycles. The molecule has 0 radical (unpaired) electrons. The molecule has 0 N–H and O–H groups in total. The van der Waals surface area contributed by atoms with E-state index in [2.05, 4.69) is 38.7 Å². The molecular formula is C17H26. The van der Waals surface area contributed by atoms with E-state index in [-0.39, 0.29) is 0 Å². The van der Waals surface area contributed by atoms with Crippen LogP contribution in [0.15, 0.2) is 47.6 Å². The summed E-state index contributed by atoms with van der Waals surface area (Å²) in [5, 5.41) is 0. The van der Waals surface area contributed by atoms with Crippen molar-refractivity contribution in [2.75, 3.05) is 0 Å². The predicted molar refractivity (Wildman–Crippen MR) is 78.1 cm³/mol. The molecule has 17 heavy (non-hydrogen) atoms. The van der Waals surface area contributed by atoms with E-state index in [1.54, 1.807) is 5.57 Å². The minimum absolute atomic E-state index is 0.995. The topological polar surface area (TPSA) is 0 Å². The summed E-state index contributed by atoms with van der Waals surface area (Å²) in [4.78, 5) is 0. The van der Waals surface area contributed by atoms with Gasteiger partial charge in [-0.2, -0.15) is 0 Å². The smallest absolute Gasteiger partial charge is 0.00999 e. The molecule has 0 heteroatoms. The predicted octanol–water partition coefficient (Wildman–Crippen LogP) is 5.74. The number of unbranched alkanes of at least 4 members (excludes halogenated alkanes) is 2. The van der Waals surface area contributed by atoms with Gasteiger partial charge in [-0.15, -0.1) is 6.58 Å². The maximum absolute atomic E-state index is 3.80. The highest BCUT2D eigenvalue weighted by Crippen LogP contribution is 2.27. The molecule has 0 fully saturated rings. The molecule has 0 aromatic carbocycles. The van der Waals surface area contributed by atoms with Crippen molar-refractivity contribution in [3.63, 3.8) is 0 Å². The van der Waals surface area contributed by atoms with Crippen molar-refractivity contribution in [2.24, 2.45) is 0 Å². The van der Waals surface area contributed by atoms with Gasteiger partial charge in [0, 0.05) is 0 Å². The van der Waals surface area contributed by atoms with Gasteiger partial charge in [0.2, 0.25) is 0 Å². The molecule has 0 heterocycles. The van der Waals surface area contributed by atoms with Crippen molar-refractivity contribution in [1.29, 1.82) is 0 Å². The first kappa shape index (κ1) is 14.0. The minimum atomic E-state index is 0.995. The summed E-state index contributed by atoms with van der Waals surface area (Å²) in [5.41, 5.74) is 4.54. The van der Waals surface area contributed by atoms with Crippen molar-refractivity contribution in [1.82, 2.24) is 0 Å². The molecule has 0 bridgehead atoms. The number of hydrogen-bond acceptors (Lipinski definition) is 0.